The molecule has 0 bridgehead atoms. The molecule has 2 heterocycles. The van der Waals surface area contributed by atoms with Crippen LogP contribution >= 0.6 is 23.7 Å². The largest absolute Gasteiger partial charge is 0.398 e. The third-order valence-electron chi connectivity index (χ3n) is 3.36. The van der Waals surface area contributed by atoms with Crippen LogP contribution in [0.3, 0.4) is 0 Å². The number of aryl methyl sites for hydroxylation is 1. The van der Waals surface area contributed by atoms with E-state index in [1.165, 1.54) is 11.3 Å². The van der Waals surface area contributed by atoms with Crippen LogP contribution in [0.15, 0.2) is 24.4 Å². The van der Waals surface area contributed by atoms with Gasteiger partial charge in [-0.3, -0.25) is 4.79 Å². The minimum absolute atomic E-state index is 0. The summed E-state index contributed by atoms with van der Waals surface area (Å²) in [5.74, 6) is 0.0251. The number of carbonyl (C=O) groups excluding carboxylic acids is 1. The Labute approximate surface area is 128 Å². The number of aromatic nitrogens is 1. The predicted molar refractivity (Wildman–Crippen MR) is 85.0 cm³/mol. The molecular weight excluding hydrogens is 294 g/mol. The van der Waals surface area contributed by atoms with Crippen LogP contribution in [0.2, 0.25) is 0 Å². The molecule has 1 aliphatic heterocycles. The van der Waals surface area contributed by atoms with Crippen molar-refractivity contribution in [1.29, 1.82) is 0 Å². The standard InChI is InChI=1S/C14H15N3OS.ClH/c1-9-16-8-13(19-9)14(18)17-7-3-4-10-11(15)5-2-6-12(10)17;/h2,5-6,8H,3-4,7,15H2,1H3;1H. The topological polar surface area (TPSA) is 59.2 Å². The number of carbonyl (C=O) groups is 1. The molecule has 0 saturated carbocycles. The van der Waals surface area contributed by atoms with Crippen molar-refractivity contribution in [3.63, 3.8) is 0 Å². The summed E-state index contributed by atoms with van der Waals surface area (Å²) in [5, 5.41) is 0.910. The van der Waals surface area contributed by atoms with E-state index >= 15 is 0 Å². The van der Waals surface area contributed by atoms with E-state index < -0.39 is 0 Å². The molecule has 4 nitrogen and oxygen atoms in total. The summed E-state index contributed by atoms with van der Waals surface area (Å²) in [7, 11) is 0. The van der Waals surface area contributed by atoms with Gasteiger partial charge in [0.15, 0.2) is 0 Å². The zero-order chi connectivity index (χ0) is 13.4. The van der Waals surface area contributed by atoms with E-state index in [0.29, 0.717) is 4.88 Å². The molecule has 0 spiro atoms. The molecule has 0 atom stereocenters. The normalized spacial score (nSPS) is 13.6. The Morgan fingerprint density at radius 2 is 2.25 bits per heavy atom. The lowest BCUT2D eigenvalue weighted by atomic mass is 10.00. The number of amides is 1. The van der Waals surface area contributed by atoms with Gasteiger partial charge in [0.2, 0.25) is 0 Å². The van der Waals surface area contributed by atoms with Crippen molar-refractivity contribution in [2.24, 2.45) is 0 Å². The highest BCUT2D eigenvalue weighted by Crippen LogP contribution is 2.32. The summed E-state index contributed by atoms with van der Waals surface area (Å²) in [6.45, 7) is 2.65. The van der Waals surface area contributed by atoms with Crippen molar-refractivity contribution < 1.29 is 4.79 Å². The van der Waals surface area contributed by atoms with Crippen molar-refractivity contribution in [1.82, 2.24) is 4.98 Å². The minimum Gasteiger partial charge on any atom is -0.398 e. The Bertz CT molecular complexity index is 641. The van der Waals surface area contributed by atoms with Gasteiger partial charge in [-0.15, -0.1) is 23.7 Å². The molecule has 1 aromatic heterocycles. The number of rotatable bonds is 1. The summed E-state index contributed by atoms with van der Waals surface area (Å²) in [5.41, 5.74) is 8.81. The molecule has 2 N–H and O–H groups in total. The summed E-state index contributed by atoms with van der Waals surface area (Å²) in [6.07, 6.45) is 3.54. The van der Waals surface area contributed by atoms with E-state index in [1.807, 2.05) is 30.0 Å². The number of nitrogen functional groups attached to an aromatic ring is 1. The number of benzene rings is 1. The second kappa shape index (κ2) is 5.81. The van der Waals surface area contributed by atoms with Gasteiger partial charge in [0.25, 0.3) is 5.91 Å². The fraction of sp³-hybridized carbons (Fsp3) is 0.286. The summed E-state index contributed by atoms with van der Waals surface area (Å²) in [4.78, 5) is 19.2. The molecule has 0 saturated heterocycles. The Morgan fingerprint density at radius 1 is 1.45 bits per heavy atom. The molecule has 0 aliphatic carbocycles. The molecule has 3 rings (SSSR count). The SMILES string of the molecule is Cc1ncc(C(=O)N2CCCc3c(N)cccc32)s1.Cl. The smallest absolute Gasteiger partial charge is 0.269 e. The highest BCUT2D eigenvalue weighted by Gasteiger charge is 2.25. The second-order valence-corrected chi connectivity index (χ2v) is 5.88. The molecule has 1 amide bonds. The first-order valence-electron chi connectivity index (χ1n) is 6.28. The average Bonchev–Trinajstić information content (AvgIpc) is 2.85. The first-order valence-corrected chi connectivity index (χ1v) is 7.10. The van der Waals surface area contributed by atoms with Gasteiger partial charge < -0.3 is 10.6 Å². The monoisotopic (exact) mass is 309 g/mol. The summed E-state index contributed by atoms with van der Waals surface area (Å²) in [6, 6.07) is 5.76. The first kappa shape index (κ1) is 14.8. The Morgan fingerprint density at radius 3 is 2.95 bits per heavy atom. The Balaban J connectivity index is 0.00000147. The van der Waals surface area contributed by atoms with Gasteiger partial charge in [0.05, 0.1) is 11.2 Å². The molecule has 2 aromatic rings. The highest BCUT2D eigenvalue weighted by atomic mass is 35.5. The first-order chi connectivity index (χ1) is 9.16. The maximum atomic E-state index is 12.5. The van der Waals surface area contributed by atoms with Crippen LogP contribution in [-0.2, 0) is 6.42 Å². The number of hydrogen-bond acceptors (Lipinski definition) is 4. The van der Waals surface area contributed by atoms with E-state index in [0.717, 1.165) is 41.3 Å². The molecule has 0 unspecified atom stereocenters. The van der Waals surface area contributed by atoms with Crippen LogP contribution in [-0.4, -0.2) is 17.4 Å². The molecule has 20 heavy (non-hydrogen) atoms. The molecule has 0 radical (unpaired) electrons. The third kappa shape index (κ3) is 2.51. The quantitative estimate of drug-likeness (QED) is 0.824. The second-order valence-electron chi connectivity index (χ2n) is 4.65. The van der Waals surface area contributed by atoms with Crippen LogP contribution in [0.5, 0.6) is 0 Å². The molecule has 1 aromatic carbocycles. The van der Waals surface area contributed by atoms with Crippen molar-refractivity contribution in [2.45, 2.75) is 19.8 Å². The van der Waals surface area contributed by atoms with Crippen molar-refractivity contribution in [3.05, 3.63) is 39.8 Å². The lowest BCUT2D eigenvalue weighted by molar-refractivity contribution is 0.0989. The van der Waals surface area contributed by atoms with Crippen molar-refractivity contribution in [2.75, 3.05) is 17.2 Å². The maximum Gasteiger partial charge on any atom is 0.269 e. The molecule has 1 aliphatic rings. The van der Waals surface area contributed by atoms with Gasteiger partial charge >= 0.3 is 0 Å². The van der Waals surface area contributed by atoms with Crippen molar-refractivity contribution in [3.8, 4) is 0 Å². The van der Waals surface area contributed by atoms with Gasteiger partial charge in [-0.25, -0.2) is 4.98 Å². The molecular formula is C14H16ClN3OS. The molecule has 0 fully saturated rings. The lowest BCUT2D eigenvalue weighted by Gasteiger charge is -2.29. The highest BCUT2D eigenvalue weighted by molar-refractivity contribution is 7.13. The van der Waals surface area contributed by atoms with Gasteiger partial charge in [0, 0.05) is 17.9 Å². The maximum absolute atomic E-state index is 12.5. The lowest BCUT2D eigenvalue weighted by Crippen LogP contribution is -2.35. The number of hydrogen-bond donors (Lipinski definition) is 1. The van der Waals surface area contributed by atoms with Crippen LogP contribution in [0, 0.1) is 6.92 Å². The van der Waals surface area contributed by atoms with E-state index in [2.05, 4.69) is 4.98 Å². The zero-order valence-corrected chi connectivity index (χ0v) is 12.8. The molecule has 106 valence electrons. The molecule has 6 heteroatoms. The van der Waals surface area contributed by atoms with Crippen LogP contribution in [0.1, 0.15) is 26.7 Å². The van der Waals surface area contributed by atoms with E-state index in [9.17, 15) is 4.79 Å². The Kier molecular flexibility index (Phi) is 4.30. The third-order valence-corrected chi connectivity index (χ3v) is 4.26. The zero-order valence-electron chi connectivity index (χ0n) is 11.1. The van der Waals surface area contributed by atoms with Crippen LogP contribution in [0.4, 0.5) is 11.4 Å². The van der Waals surface area contributed by atoms with Gasteiger partial charge in [-0.1, -0.05) is 6.07 Å². The van der Waals surface area contributed by atoms with E-state index in [4.69, 9.17) is 5.73 Å². The fourth-order valence-corrected chi connectivity index (χ4v) is 3.18. The Hall–Kier alpha value is -1.59. The van der Waals surface area contributed by atoms with Crippen LogP contribution < -0.4 is 10.6 Å². The van der Waals surface area contributed by atoms with Gasteiger partial charge in [-0.2, -0.15) is 0 Å². The predicted octanol–water partition coefficient (Wildman–Crippen LogP) is 3.05. The number of halogens is 1. The fourth-order valence-electron chi connectivity index (χ4n) is 2.46. The van der Waals surface area contributed by atoms with Gasteiger partial charge in [0.1, 0.15) is 4.88 Å². The van der Waals surface area contributed by atoms with Crippen molar-refractivity contribution >= 4 is 41.0 Å². The van der Waals surface area contributed by atoms with E-state index in [1.54, 1.807) is 6.20 Å². The number of nitrogens with two attached hydrogens (primary N) is 1. The number of anilines is 2. The van der Waals surface area contributed by atoms with Crippen LogP contribution in [0.25, 0.3) is 0 Å². The van der Waals surface area contributed by atoms with E-state index in [-0.39, 0.29) is 18.3 Å². The average molecular weight is 310 g/mol. The minimum atomic E-state index is 0. The van der Waals surface area contributed by atoms with Gasteiger partial charge in [-0.05, 0) is 37.5 Å². The number of nitrogens with zero attached hydrogens (tertiary/aromatic N) is 2. The number of thiazole rings is 1. The summed E-state index contributed by atoms with van der Waals surface area (Å²) >= 11 is 1.43. The summed E-state index contributed by atoms with van der Waals surface area (Å²) < 4.78 is 0. The number of fused-ring (bicyclic) bond motifs is 1.